The van der Waals surface area contributed by atoms with E-state index in [9.17, 15) is 9.59 Å². The summed E-state index contributed by atoms with van der Waals surface area (Å²) in [5.74, 6) is 1.20. The number of ether oxygens (including phenoxy) is 2. The number of piperidine rings is 1. The molecule has 1 unspecified atom stereocenters. The molecule has 0 aliphatic carbocycles. The summed E-state index contributed by atoms with van der Waals surface area (Å²) in [5.41, 5.74) is -0.0151. The molecule has 1 aromatic rings. The molecule has 2 amide bonds. The van der Waals surface area contributed by atoms with Gasteiger partial charge < -0.3 is 19.7 Å². The Morgan fingerprint density at radius 1 is 1.37 bits per heavy atom. The molecule has 2 heterocycles. The van der Waals surface area contributed by atoms with Crippen molar-refractivity contribution in [2.45, 2.75) is 32.3 Å². The van der Waals surface area contributed by atoms with Crippen molar-refractivity contribution in [3.05, 3.63) is 23.8 Å². The average molecular weight is 375 g/mol. The fourth-order valence-corrected chi connectivity index (χ4v) is 3.93. The van der Waals surface area contributed by atoms with Crippen LogP contribution in [0.2, 0.25) is 0 Å². The Morgan fingerprint density at radius 2 is 2.15 bits per heavy atom. The zero-order valence-electron chi connectivity index (χ0n) is 16.4. The summed E-state index contributed by atoms with van der Waals surface area (Å²) in [6, 6.07) is 5.25. The molecule has 2 aliphatic rings. The third kappa shape index (κ3) is 4.18. The molecule has 0 radical (unpaired) electrons. The van der Waals surface area contributed by atoms with Gasteiger partial charge in [-0.25, -0.2) is 0 Å². The number of amides is 2. The molecule has 2 aliphatic heterocycles. The van der Waals surface area contributed by atoms with Crippen LogP contribution in [0.3, 0.4) is 0 Å². The number of likely N-dealkylation sites (N-methyl/N-ethyl adjacent to an activating group) is 1. The van der Waals surface area contributed by atoms with E-state index in [2.05, 4.69) is 10.2 Å². The van der Waals surface area contributed by atoms with Crippen molar-refractivity contribution in [2.75, 3.05) is 46.4 Å². The van der Waals surface area contributed by atoms with Gasteiger partial charge in [-0.3, -0.25) is 14.5 Å². The Hall–Kier alpha value is -2.28. The lowest BCUT2D eigenvalue weighted by molar-refractivity contribution is -0.133. The maximum atomic E-state index is 12.5. The molecule has 1 aromatic carbocycles. The van der Waals surface area contributed by atoms with Crippen molar-refractivity contribution >= 4 is 11.8 Å². The molecule has 7 heteroatoms. The summed E-state index contributed by atoms with van der Waals surface area (Å²) in [4.78, 5) is 28.9. The Kier molecular flexibility index (Phi) is 5.89. The van der Waals surface area contributed by atoms with E-state index in [0.717, 1.165) is 19.4 Å². The van der Waals surface area contributed by atoms with Crippen LogP contribution in [0, 0.1) is 0 Å². The quantitative estimate of drug-likeness (QED) is 0.845. The zero-order chi connectivity index (χ0) is 19.4. The topological polar surface area (TPSA) is 71.1 Å². The minimum Gasteiger partial charge on any atom is -0.497 e. The number of fused-ring (bicyclic) bond motifs is 1. The van der Waals surface area contributed by atoms with Crippen molar-refractivity contribution in [2.24, 2.45) is 0 Å². The molecule has 0 aromatic heterocycles. The molecule has 1 atom stereocenters. The van der Waals surface area contributed by atoms with Gasteiger partial charge in [-0.2, -0.15) is 0 Å². The first-order valence-electron chi connectivity index (χ1n) is 9.65. The van der Waals surface area contributed by atoms with Gasteiger partial charge in [0.05, 0.1) is 25.8 Å². The second kappa shape index (κ2) is 8.17. The monoisotopic (exact) mass is 375 g/mol. The van der Waals surface area contributed by atoms with Crippen LogP contribution in [0.15, 0.2) is 18.2 Å². The normalized spacial score (nSPS) is 22.4. The summed E-state index contributed by atoms with van der Waals surface area (Å²) in [5, 5.41) is 2.99. The predicted octanol–water partition coefficient (Wildman–Crippen LogP) is 1.52. The summed E-state index contributed by atoms with van der Waals surface area (Å²) in [6.07, 6.45) is 1.75. The fraction of sp³-hybridized carbons (Fsp3) is 0.600. The Morgan fingerprint density at radius 3 is 2.85 bits per heavy atom. The second-order valence-electron chi connectivity index (χ2n) is 7.21. The molecule has 7 nitrogen and oxygen atoms in total. The van der Waals surface area contributed by atoms with E-state index >= 15 is 0 Å². The Balaban J connectivity index is 1.78. The number of nitrogens with one attached hydrogen (secondary N) is 1. The zero-order valence-corrected chi connectivity index (χ0v) is 16.4. The lowest BCUT2D eigenvalue weighted by Gasteiger charge is -2.42. The maximum Gasteiger partial charge on any atom is 0.255 e. The van der Waals surface area contributed by atoms with E-state index in [-0.39, 0.29) is 11.8 Å². The van der Waals surface area contributed by atoms with Gasteiger partial charge in [0.1, 0.15) is 17.1 Å². The highest BCUT2D eigenvalue weighted by molar-refractivity contribution is 5.97. The van der Waals surface area contributed by atoms with Crippen LogP contribution in [0.5, 0.6) is 11.5 Å². The molecule has 1 spiro atoms. The highest BCUT2D eigenvalue weighted by Crippen LogP contribution is 2.34. The second-order valence-corrected chi connectivity index (χ2v) is 7.21. The van der Waals surface area contributed by atoms with E-state index < -0.39 is 5.60 Å². The van der Waals surface area contributed by atoms with Gasteiger partial charge in [0, 0.05) is 25.7 Å². The van der Waals surface area contributed by atoms with Crippen LogP contribution < -0.4 is 14.8 Å². The third-order valence-electron chi connectivity index (χ3n) is 5.42. The lowest BCUT2D eigenvalue weighted by Crippen LogP contribution is -2.58. The first-order valence-corrected chi connectivity index (χ1v) is 9.65. The number of hydrogen-bond acceptors (Lipinski definition) is 5. The van der Waals surface area contributed by atoms with Gasteiger partial charge in [0.2, 0.25) is 5.91 Å². The van der Waals surface area contributed by atoms with Crippen molar-refractivity contribution in [3.63, 3.8) is 0 Å². The largest absolute Gasteiger partial charge is 0.497 e. The van der Waals surface area contributed by atoms with Crippen LogP contribution in [0.4, 0.5) is 0 Å². The highest BCUT2D eigenvalue weighted by Gasteiger charge is 2.41. The van der Waals surface area contributed by atoms with E-state index in [0.29, 0.717) is 49.8 Å². The summed E-state index contributed by atoms with van der Waals surface area (Å²) in [6.45, 7) is 7.70. The van der Waals surface area contributed by atoms with Crippen LogP contribution >= 0.6 is 0 Å². The van der Waals surface area contributed by atoms with Crippen LogP contribution in [0.25, 0.3) is 0 Å². The van der Waals surface area contributed by atoms with E-state index in [1.807, 2.05) is 18.7 Å². The Bertz CT molecular complexity index is 704. The summed E-state index contributed by atoms with van der Waals surface area (Å²) >= 11 is 0. The average Bonchev–Trinajstić information content (AvgIpc) is 2.79. The molecule has 3 rings (SSSR count). The van der Waals surface area contributed by atoms with Crippen molar-refractivity contribution in [3.8, 4) is 11.5 Å². The van der Waals surface area contributed by atoms with Gasteiger partial charge in [-0.15, -0.1) is 0 Å². The first kappa shape index (κ1) is 19.5. The van der Waals surface area contributed by atoms with E-state index in [1.54, 1.807) is 25.3 Å². The summed E-state index contributed by atoms with van der Waals surface area (Å²) < 4.78 is 11.7. The van der Waals surface area contributed by atoms with Crippen molar-refractivity contribution in [1.29, 1.82) is 0 Å². The predicted molar refractivity (Wildman–Crippen MR) is 102 cm³/mol. The molecule has 148 valence electrons. The SMILES string of the molecule is CCN(CC)C(=O)CN1CCCC2(CNC(=O)c3ccc(OC)cc3O2)C1. The molecular weight excluding hydrogens is 346 g/mol. The summed E-state index contributed by atoms with van der Waals surface area (Å²) in [7, 11) is 1.59. The molecule has 1 saturated heterocycles. The molecule has 1 fully saturated rings. The number of carbonyl (C=O) groups excluding carboxylic acids is 2. The third-order valence-corrected chi connectivity index (χ3v) is 5.42. The van der Waals surface area contributed by atoms with Gasteiger partial charge in [-0.05, 0) is 45.4 Å². The Labute approximate surface area is 160 Å². The highest BCUT2D eigenvalue weighted by atomic mass is 16.5. The number of hydrogen-bond donors (Lipinski definition) is 1. The van der Waals surface area contributed by atoms with Crippen LogP contribution in [-0.2, 0) is 4.79 Å². The fourth-order valence-electron chi connectivity index (χ4n) is 3.93. The number of benzene rings is 1. The van der Waals surface area contributed by atoms with Crippen molar-refractivity contribution in [1.82, 2.24) is 15.1 Å². The van der Waals surface area contributed by atoms with Crippen LogP contribution in [-0.4, -0.2) is 73.6 Å². The number of likely N-dealkylation sites (tertiary alicyclic amines) is 1. The number of rotatable bonds is 5. The van der Waals surface area contributed by atoms with Crippen molar-refractivity contribution < 1.29 is 19.1 Å². The van der Waals surface area contributed by atoms with Gasteiger partial charge in [-0.1, -0.05) is 0 Å². The lowest BCUT2D eigenvalue weighted by atomic mass is 9.92. The van der Waals surface area contributed by atoms with Crippen LogP contribution in [0.1, 0.15) is 37.0 Å². The molecular formula is C20H29N3O4. The van der Waals surface area contributed by atoms with Gasteiger partial charge >= 0.3 is 0 Å². The first-order chi connectivity index (χ1) is 13.0. The number of nitrogens with zero attached hydrogens (tertiary/aromatic N) is 2. The molecule has 0 saturated carbocycles. The van der Waals surface area contributed by atoms with E-state index in [1.165, 1.54) is 0 Å². The standard InChI is InChI=1S/C20H29N3O4/c1-4-23(5-2)18(24)12-22-10-6-9-20(14-22)13-21-19(25)16-8-7-15(26-3)11-17(16)27-20/h7-8,11H,4-6,9-10,12-14H2,1-3H3,(H,21,25). The van der Waals surface area contributed by atoms with E-state index in [4.69, 9.17) is 9.47 Å². The minimum absolute atomic E-state index is 0.136. The molecule has 0 bridgehead atoms. The van der Waals surface area contributed by atoms with Gasteiger partial charge in [0.25, 0.3) is 5.91 Å². The minimum atomic E-state index is -0.533. The molecule has 1 N–H and O–H groups in total. The maximum absolute atomic E-state index is 12.5. The van der Waals surface area contributed by atoms with Gasteiger partial charge in [0.15, 0.2) is 0 Å². The number of methoxy groups -OCH3 is 1. The smallest absolute Gasteiger partial charge is 0.255 e. The molecule has 27 heavy (non-hydrogen) atoms. The number of carbonyl (C=O) groups is 2.